The highest BCUT2D eigenvalue weighted by Crippen LogP contribution is 2.29. The van der Waals surface area contributed by atoms with Gasteiger partial charge in [0.05, 0.1) is 6.04 Å². The molecular weight excluding hydrogens is 188 g/mol. The topological polar surface area (TPSA) is 55.1 Å². The molecule has 3 nitrogen and oxygen atoms in total. The minimum Gasteiger partial charge on any atom is -0.352 e. The van der Waals surface area contributed by atoms with Crippen LogP contribution < -0.4 is 11.1 Å². The van der Waals surface area contributed by atoms with E-state index in [9.17, 15) is 4.79 Å². The molecule has 0 bridgehead atoms. The summed E-state index contributed by atoms with van der Waals surface area (Å²) in [7, 11) is 0. The Morgan fingerprint density at radius 2 is 1.73 bits per heavy atom. The standard InChI is InChI=1S/C12H24N2O/c1-8(2)10-4-6-11(7-5-10)14-12(15)9(3)13/h8-11H,4-7,13H2,1-3H3,(H,14,15)/t9-,10-,11-/m0/s1. The lowest BCUT2D eigenvalue weighted by Gasteiger charge is -2.31. The molecule has 0 spiro atoms. The van der Waals surface area contributed by atoms with Crippen LogP contribution in [0.4, 0.5) is 0 Å². The van der Waals surface area contributed by atoms with E-state index in [0.29, 0.717) is 6.04 Å². The molecule has 1 amide bonds. The normalized spacial score (nSPS) is 28.9. The Bertz CT molecular complexity index is 206. The van der Waals surface area contributed by atoms with Crippen LogP contribution in [0.2, 0.25) is 0 Å². The molecule has 0 aromatic heterocycles. The Labute approximate surface area is 92.8 Å². The first-order chi connectivity index (χ1) is 7.00. The monoisotopic (exact) mass is 212 g/mol. The molecule has 0 aromatic rings. The SMILES string of the molecule is CC(C)[C@H]1CC[C@H](NC(=O)[C@H](C)N)CC1. The van der Waals surface area contributed by atoms with Crippen molar-refractivity contribution in [3.63, 3.8) is 0 Å². The predicted octanol–water partition coefficient (Wildman–Crippen LogP) is 1.66. The Balaban J connectivity index is 2.29. The maximum atomic E-state index is 11.4. The molecule has 1 fully saturated rings. The first-order valence-corrected chi connectivity index (χ1v) is 6.06. The lowest BCUT2D eigenvalue weighted by atomic mass is 9.79. The number of nitrogens with one attached hydrogen (secondary N) is 1. The van der Waals surface area contributed by atoms with Gasteiger partial charge >= 0.3 is 0 Å². The van der Waals surface area contributed by atoms with Gasteiger partial charge in [0.2, 0.25) is 5.91 Å². The molecule has 0 aliphatic heterocycles. The molecule has 1 aliphatic carbocycles. The highest BCUT2D eigenvalue weighted by molar-refractivity contribution is 5.81. The molecule has 3 N–H and O–H groups in total. The average molecular weight is 212 g/mol. The fourth-order valence-corrected chi connectivity index (χ4v) is 2.26. The minimum atomic E-state index is -0.382. The predicted molar refractivity (Wildman–Crippen MR) is 62.4 cm³/mol. The third kappa shape index (κ3) is 3.82. The lowest BCUT2D eigenvalue weighted by Crippen LogP contribution is -2.45. The van der Waals surface area contributed by atoms with Crippen LogP contribution >= 0.6 is 0 Å². The van der Waals surface area contributed by atoms with E-state index in [1.807, 2.05) is 0 Å². The molecule has 0 aromatic carbocycles. The van der Waals surface area contributed by atoms with Crippen LogP contribution in [0, 0.1) is 11.8 Å². The summed E-state index contributed by atoms with van der Waals surface area (Å²) in [5.74, 6) is 1.60. The summed E-state index contributed by atoms with van der Waals surface area (Å²) < 4.78 is 0. The molecule has 15 heavy (non-hydrogen) atoms. The Morgan fingerprint density at radius 3 is 2.13 bits per heavy atom. The summed E-state index contributed by atoms with van der Waals surface area (Å²) in [6.45, 7) is 6.30. The number of carbonyl (C=O) groups is 1. The van der Waals surface area contributed by atoms with Gasteiger partial charge in [0, 0.05) is 6.04 Å². The van der Waals surface area contributed by atoms with Gasteiger partial charge in [0.15, 0.2) is 0 Å². The summed E-state index contributed by atoms with van der Waals surface area (Å²) in [5, 5.41) is 3.01. The van der Waals surface area contributed by atoms with Crippen molar-refractivity contribution in [1.29, 1.82) is 0 Å². The second kappa shape index (κ2) is 5.50. The van der Waals surface area contributed by atoms with Crippen LogP contribution in [-0.2, 0) is 4.79 Å². The molecule has 1 atom stereocenters. The van der Waals surface area contributed by atoms with Crippen molar-refractivity contribution in [2.45, 2.75) is 58.5 Å². The zero-order valence-electron chi connectivity index (χ0n) is 10.1. The van der Waals surface area contributed by atoms with Crippen molar-refractivity contribution in [2.75, 3.05) is 0 Å². The van der Waals surface area contributed by atoms with Crippen LogP contribution in [0.5, 0.6) is 0 Å². The van der Waals surface area contributed by atoms with Gasteiger partial charge in [-0.25, -0.2) is 0 Å². The molecule has 1 aliphatic rings. The van der Waals surface area contributed by atoms with Gasteiger partial charge in [-0.2, -0.15) is 0 Å². The van der Waals surface area contributed by atoms with E-state index in [0.717, 1.165) is 24.7 Å². The van der Waals surface area contributed by atoms with Gasteiger partial charge in [-0.05, 0) is 44.4 Å². The Kier molecular flexibility index (Phi) is 4.58. The summed E-state index contributed by atoms with van der Waals surface area (Å²) in [6.07, 6.45) is 4.70. The van der Waals surface area contributed by atoms with E-state index >= 15 is 0 Å². The third-order valence-corrected chi connectivity index (χ3v) is 3.47. The number of nitrogens with two attached hydrogens (primary N) is 1. The third-order valence-electron chi connectivity index (χ3n) is 3.47. The summed E-state index contributed by atoms with van der Waals surface area (Å²) in [4.78, 5) is 11.4. The Morgan fingerprint density at radius 1 is 1.20 bits per heavy atom. The molecule has 1 rings (SSSR count). The fourth-order valence-electron chi connectivity index (χ4n) is 2.26. The minimum absolute atomic E-state index is 0.0111. The molecule has 0 radical (unpaired) electrons. The fraction of sp³-hybridized carbons (Fsp3) is 0.917. The van der Waals surface area contributed by atoms with E-state index in [1.54, 1.807) is 6.92 Å². The van der Waals surface area contributed by atoms with Crippen LogP contribution in [0.15, 0.2) is 0 Å². The Hall–Kier alpha value is -0.570. The van der Waals surface area contributed by atoms with Crippen LogP contribution in [-0.4, -0.2) is 18.0 Å². The van der Waals surface area contributed by atoms with Crippen molar-refractivity contribution in [3.8, 4) is 0 Å². The van der Waals surface area contributed by atoms with Gasteiger partial charge < -0.3 is 11.1 Å². The van der Waals surface area contributed by atoms with Crippen molar-refractivity contribution < 1.29 is 4.79 Å². The van der Waals surface area contributed by atoms with Crippen molar-refractivity contribution in [2.24, 2.45) is 17.6 Å². The summed E-state index contributed by atoms with van der Waals surface area (Å²) in [6, 6.07) is -0.0219. The van der Waals surface area contributed by atoms with Crippen LogP contribution in [0.3, 0.4) is 0 Å². The average Bonchev–Trinajstić information content (AvgIpc) is 2.18. The van der Waals surface area contributed by atoms with Crippen LogP contribution in [0.25, 0.3) is 0 Å². The molecular formula is C12H24N2O. The maximum absolute atomic E-state index is 11.4. The first kappa shape index (κ1) is 12.5. The number of carbonyl (C=O) groups excluding carboxylic acids is 1. The van der Waals surface area contributed by atoms with E-state index in [4.69, 9.17) is 5.73 Å². The van der Waals surface area contributed by atoms with E-state index < -0.39 is 0 Å². The van der Waals surface area contributed by atoms with E-state index in [-0.39, 0.29) is 11.9 Å². The highest BCUT2D eigenvalue weighted by Gasteiger charge is 2.24. The smallest absolute Gasteiger partial charge is 0.236 e. The highest BCUT2D eigenvalue weighted by atomic mass is 16.2. The van der Waals surface area contributed by atoms with E-state index in [1.165, 1.54) is 12.8 Å². The summed E-state index contributed by atoms with van der Waals surface area (Å²) in [5.41, 5.74) is 5.52. The molecule has 0 heterocycles. The molecule has 0 saturated heterocycles. The molecule has 3 heteroatoms. The number of hydrogen-bond donors (Lipinski definition) is 2. The quantitative estimate of drug-likeness (QED) is 0.747. The maximum Gasteiger partial charge on any atom is 0.236 e. The van der Waals surface area contributed by atoms with Gasteiger partial charge in [0.1, 0.15) is 0 Å². The lowest BCUT2D eigenvalue weighted by molar-refractivity contribution is -0.123. The molecule has 88 valence electrons. The zero-order valence-corrected chi connectivity index (χ0v) is 10.1. The zero-order chi connectivity index (χ0) is 11.4. The van der Waals surface area contributed by atoms with E-state index in [2.05, 4.69) is 19.2 Å². The van der Waals surface area contributed by atoms with Gasteiger partial charge in [-0.1, -0.05) is 13.8 Å². The van der Waals surface area contributed by atoms with Crippen LogP contribution in [0.1, 0.15) is 46.5 Å². The summed E-state index contributed by atoms with van der Waals surface area (Å²) >= 11 is 0. The second-order valence-corrected chi connectivity index (χ2v) is 5.15. The van der Waals surface area contributed by atoms with Gasteiger partial charge in [-0.3, -0.25) is 4.79 Å². The van der Waals surface area contributed by atoms with Crippen molar-refractivity contribution >= 4 is 5.91 Å². The van der Waals surface area contributed by atoms with Gasteiger partial charge in [-0.15, -0.1) is 0 Å². The molecule has 0 unspecified atom stereocenters. The van der Waals surface area contributed by atoms with Crippen molar-refractivity contribution in [1.82, 2.24) is 5.32 Å². The van der Waals surface area contributed by atoms with Crippen molar-refractivity contribution in [3.05, 3.63) is 0 Å². The largest absolute Gasteiger partial charge is 0.352 e. The molecule has 1 saturated carbocycles. The first-order valence-electron chi connectivity index (χ1n) is 6.06. The number of rotatable bonds is 3. The van der Waals surface area contributed by atoms with Gasteiger partial charge in [0.25, 0.3) is 0 Å². The number of hydrogen-bond acceptors (Lipinski definition) is 2. The second-order valence-electron chi connectivity index (χ2n) is 5.15. The number of amides is 1.